The molecule has 3 aromatic rings. The van der Waals surface area contributed by atoms with E-state index in [-0.39, 0.29) is 16.3 Å². The number of rotatable bonds is 5. The minimum absolute atomic E-state index is 0.0497. The number of hydrogen-bond donors (Lipinski definition) is 2. The standard InChI is InChI=1S/C23H22FN3O4S2/c1-15-4-9-18(33(30,31)27-12-2-3-13-27)14-19(15)22(28)25-26-23(29)21-11-10-20(32-21)16-5-7-17(24)8-6-16/h4-11,14H,2-3,12-13H2,1H3,(H,25,28)(H,26,29). The lowest BCUT2D eigenvalue weighted by Gasteiger charge is -2.17. The number of benzene rings is 2. The molecule has 2 heterocycles. The molecule has 0 radical (unpaired) electrons. The van der Waals surface area contributed by atoms with E-state index in [1.165, 1.54) is 39.9 Å². The van der Waals surface area contributed by atoms with Crippen molar-refractivity contribution >= 4 is 33.2 Å². The predicted octanol–water partition coefficient (Wildman–Crippen LogP) is 3.72. The monoisotopic (exact) mass is 487 g/mol. The van der Waals surface area contributed by atoms with Crippen molar-refractivity contribution in [3.8, 4) is 10.4 Å². The number of thiophene rings is 1. The molecule has 4 rings (SSSR count). The van der Waals surface area contributed by atoms with Gasteiger partial charge < -0.3 is 0 Å². The largest absolute Gasteiger partial charge is 0.279 e. The summed E-state index contributed by atoms with van der Waals surface area (Å²) in [4.78, 5) is 26.4. The number of nitrogens with zero attached hydrogens (tertiary/aromatic N) is 1. The summed E-state index contributed by atoms with van der Waals surface area (Å²) < 4.78 is 40.2. The zero-order chi connectivity index (χ0) is 23.6. The van der Waals surface area contributed by atoms with Gasteiger partial charge in [-0.3, -0.25) is 20.4 Å². The maximum absolute atomic E-state index is 13.1. The van der Waals surface area contributed by atoms with Gasteiger partial charge in [0.15, 0.2) is 0 Å². The van der Waals surface area contributed by atoms with Gasteiger partial charge in [0.2, 0.25) is 10.0 Å². The zero-order valence-electron chi connectivity index (χ0n) is 17.8. The minimum atomic E-state index is -3.67. The fourth-order valence-corrected chi connectivity index (χ4v) is 6.01. The molecule has 10 heteroatoms. The summed E-state index contributed by atoms with van der Waals surface area (Å²) in [5.41, 5.74) is 6.23. The number of aryl methyl sites for hydroxylation is 1. The molecule has 0 bridgehead atoms. The molecule has 0 spiro atoms. The van der Waals surface area contributed by atoms with Gasteiger partial charge in [-0.2, -0.15) is 4.31 Å². The van der Waals surface area contributed by atoms with Crippen LogP contribution in [0.2, 0.25) is 0 Å². The fourth-order valence-electron chi connectivity index (χ4n) is 3.56. The molecule has 1 saturated heterocycles. The number of carbonyl (C=O) groups is 2. The fraction of sp³-hybridized carbons (Fsp3) is 0.217. The van der Waals surface area contributed by atoms with Gasteiger partial charge in [-0.15, -0.1) is 11.3 Å². The van der Waals surface area contributed by atoms with Crippen molar-refractivity contribution in [2.24, 2.45) is 0 Å². The summed E-state index contributed by atoms with van der Waals surface area (Å²) in [5.74, 6) is -1.47. The van der Waals surface area contributed by atoms with E-state index < -0.39 is 21.8 Å². The van der Waals surface area contributed by atoms with Crippen molar-refractivity contribution < 1.29 is 22.4 Å². The van der Waals surface area contributed by atoms with E-state index in [0.717, 1.165) is 23.3 Å². The van der Waals surface area contributed by atoms with Crippen molar-refractivity contribution in [1.82, 2.24) is 15.2 Å². The Balaban J connectivity index is 1.44. The second-order valence-corrected chi connectivity index (χ2v) is 10.7. The molecule has 2 aromatic carbocycles. The smallest absolute Gasteiger partial charge is 0.267 e. The van der Waals surface area contributed by atoms with Gasteiger partial charge in [-0.25, -0.2) is 12.8 Å². The third kappa shape index (κ3) is 4.97. The maximum Gasteiger partial charge on any atom is 0.279 e. The molecule has 0 unspecified atom stereocenters. The Morgan fingerprint density at radius 1 is 0.939 bits per heavy atom. The van der Waals surface area contributed by atoms with Gasteiger partial charge in [0.1, 0.15) is 5.82 Å². The minimum Gasteiger partial charge on any atom is -0.267 e. The van der Waals surface area contributed by atoms with E-state index in [1.54, 1.807) is 37.3 Å². The number of sulfonamides is 1. The summed E-state index contributed by atoms with van der Waals surface area (Å²) in [6.45, 7) is 2.63. The van der Waals surface area contributed by atoms with Crippen molar-refractivity contribution in [1.29, 1.82) is 0 Å². The average molecular weight is 488 g/mol. The van der Waals surface area contributed by atoms with E-state index in [4.69, 9.17) is 0 Å². The summed E-state index contributed by atoms with van der Waals surface area (Å²) in [6, 6.07) is 13.7. The molecular formula is C23H22FN3O4S2. The molecule has 33 heavy (non-hydrogen) atoms. The van der Waals surface area contributed by atoms with Crippen LogP contribution in [0.25, 0.3) is 10.4 Å². The van der Waals surface area contributed by atoms with Crippen molar-refractivity contribution in [3.05, 3.63) is 76.4 Å². The molecule has 0 aliphatic carbocycles. The van der Waals surface area contributed by atoms with Crippen LogP contribution in [0.4, 0.5) is 4.39 Å². The molecule has 172 valence electrons. The van der Waals surface area contributed by atoms with Crippen LogP contribution in [0.3, 0.4) is 0 Å². The van der Waals surface area contributed by atoms with Gasteiger partial charge in [-0.1, -0.05) is 18.2 Å². The third-order valence-electron chi connectivity index (χ3n) is 5.40. The van der Waals surface area contributed by atoms with E-state index in [2.05, 4.69) is 10.9 Å². The molecule has 2 N–H and O–H groups in total. The first-order valence-corrected chi connectivity index (χ1v) is 12.6. The summed E-state index contributed by atoms with van der Waals surface area (Å²) in [5, 5.41) is 0. The molecule has 2 amide bonds. The van der Waals surface area contributed by atoms with Crippen LogP contribution >= 0.6 is 11.3 Å². The van der Waals surface area contributed by atoms with Crippen LogP contribution in [0.5, 0.6) is 0 Å². The highest BCUT2D eigenvalue weighted by molar-refractivity contribution is 7.89. The van der Waals surface area contributed by atoms with E-state index >= 15 is 0 Å². The van der Waals surface area contributed by atoms with Gasteiger partial charge in [0.25, 0.3) is 11.8 Å². The average Bonchev–Trinajstić information content (AvgIpc) is 3.51. The second-order valence-electron chi connectivity index (χ2n) is 7.67. The third-order valence-corrected chi connectivity index (χ3v) is 8.43. The number of hydrogen-bond acceptors (Lipinski definition) is 5. The Hall–Kier alpha value is -3.08. The molecule has 0 saturated carbocycles. The molecular weight excluding hydrogens is 465 g/mol. The first kappa shape index (κ1) is 23.1. The van der Waals surface area contributed by atoms with E-state index in [9.17, 15) is 22.4 Å². The topological polar surface area (TPSA) is 95.6 Å². The highest BCUT2D eigenvalue weighted by atomic mass is 32.2. The first-order valence-electron chi connectivity index (χ1n) is 10.3. The van der Waals surface area contributed by atoms with Crippen LogP contribution in [0.1, 0.15) is 38.4 Å². The molecule has 1 aliphatic rings. The van der Waals surface area contributed by atoms with Crippen LogP contribution in [0.15, 0.2) is 59.5 Å². The van der Waals surface area contributed by atoms with E-state index in [1.807, 2.05) is 0 Å². The van der Waals surface area contributed by atoms with Gasteiger partial charge in [0.05, 0.1) is 9.77 Å². The van der Waals surface area contributed by atoms with Crippen molar-refractivity contribution in [3.63, 3.8) is 0 Å². The first-order chi connectivity index (χ1) is 15.8. The van der Waals surface area contributed by atoms with Crippen LogP contribution in [0, 0.1) is 12.7 Å². The molecule has 1 aromatic heterocycles. The van der Waals surface area contributed by atoms with Crippen LogP contribution < -0.4 is 10.9 Å². The Morgan fingerprint density at radius 3 is 2.30 bits per heavy atom. The molecule has 0 atom stereocenters. The summed E-state index contributed by atoms with van der Waals surface area (Å²) in [7, 11) is -3.67. The number of nitrogens with one attached hydrogen (secondary N) is 2. The Bertz CT molecular complexity index is 1300. The molecule has 1 aliphatic heterocycles. The normalized spacial score (nSPS) is 14.2. The SMILES string of the molecule is Cc1ccc(S(=O)(=O)N2CCCC2)cc1C(=O)NNC(=O)c1ccc(-c2ccc(F)cc2)s1. The van der Waals surface area contributed by atoms with Gasteiger partial charge in [0, 0.05) is 23.5 Å². The van der Waals surface area contributed by atoms with Crippen LogP contribution in [-0.2, 0) is 10.0 Å². The number of halogens is 1. The highest BCUT2D eigenvalue weighted by Crippen LogP contribution is 2.28. The van der Waals surface area contributed by atoms with Crippen molar-refractivity contribution in [2.75, 3.05) is 13.1 Å². The highest BCUT2D eigenvalue weighted by Gasteiger charge is 2.28. The second kappa shape index (κ2) is 9.42. The van der Waals surface area contributed by atoms with E-state index in [0.29, 0.717) is 23.5 Å². The summed E-state index contributed by atoms with van der Waals surface area (Å²) in [6.07, 6.45) is 1.63. The lowest BCUT2D eigenvalue weighted by molar-refractivity contribution is 0.0848. The van der Waals surface area contributed by atoms with Crippen LogP contribution in [-0.4, -0.2) is 37.6 Å². The Kier molecular flexibility index (Phi) is 6.59. The van der Waals surface area contributed by atoms with Gasteiger partial charge in [-0.05, 0) is 67.3 Å². The quantitative estimate of drug-likeness (QED) is 0.536. The lowest BCUT2D eigenvalue weighted by Crippen LogP contribution is -2.41. The Labute approximate surface area is 195 Å². The lowest BCUT2D eigenvalue weighted by atomic mass is 10.1. The zero-order valence-corrected chi connectivity index (χ0v) is 19.4. The van der Waals surface area contributed by atoms with Crippen molar-refractivity contribution in [2.45, 2.75) is 24.7 Å². The molecule has 1 fully saturated rings. The summed E-state index contributed by atoms with van der Waals surface area (Å²) >= 11 is 1.20. The maximum atomic E-state index is 13.1. The molecule has 7 nitrogen and oxygen atoms in total. The Morgan fingerprint density at radius 2 is 1.61 bits per heavy atom. The number of hydrazine groups is 1. The number of amides is 2. The number of carbonyl (C=O) groups excluding carboxylic acids is 2. The van der Waals surface area contributed by atoms with Gasteiger partial charge >= 0.3 is 0 Å². The predicted molar refractivity (Wildman–Crippen MR) is 124 cm³/mol.